The van der Waals surface area contributed by atoms with Crippen molar-refractivity contribution in [1.82, 2.24) is 4.72 Å². The molecule has 10 heteroatoms. The second-order valence-electron chi connectivity index (χ2n) is 6.29. The summed E-state index contributed by atoms with van der Waals surface area (Å²) in [5, 5.41) is 14.2. The summed E-state index contributed by atoms with van der Waals surface area (Å²) < 4.78 is 25.9. The average Bonchev–Trinajstić information content (AvgIpc) is 2.64. The molecule has 2 rings (SSSR count). The smallest absolute Gasteiger partial charge is 0.293 e. The molecule has 0 aliphatic heterocycles. The lowest BCUT2D eigenvalue weighted by atomic mass is 10.1. The van der Waals surface area contributed by atoms with Gasteiger partial charge in [-0.3, -0.25) is 14.9 Å². The van der Waals surface area contributed by atoms with Gasteiger partial charge in [-0.05, 0) is 44.2 Å². The van der Waals surface area contributed by atoms with Crippen LogP contribution in [0, 0.1) is 24.0 Å². The summed E-state index contributed by atoms with van der Waals surface area (Å²) >= 11 is 0. The minimum atomic E-state index is -3.82. The molecule has 0 fully saturated rings. The van der Waals surface area contributed by atoms with Crippen molar-refractivity contribution >= 4 is 33.0 Å². The number of anilines is 2. The summed E-state index contributed by atoms with van der Waals surface area (Å²) in [5.41, 5.74) is 2.24. The van der Waals surface area contributed by atoms with Gasteiger partial charge in [0.2, 0.25) is 15.9 Å². The number of aryl methyl sites for hydroxylation is 2. The summed E-state index contributed by atoms with van der Waals surface area (Å²) in [5.74, 6) is -0.346. The Kier molecular flexibility index (Phi) is 6.37. The highest BCUT2D eigenvalue weighted by Gasteiger charge is 2.23. The van der Waals surface area contributed by atoms with E-state index in [4.69, 9.17) is 0 Å². The van der Waals surface area contributed by atoms with Crippen LogP contribution in [0.2, 0.25) is 0 Å². The standard InChI is InChI=1S/C18H22N4O5S/c1-12-6-5-7-13(2)18(12)20-17(23)11-21(4)15-9-8-14(28(26,27)19-3)10-16(15)22(24)25/h5-10,19H,11H2,1-4H3,(H,20,23). The fraction of sp³-hybridized carbons (Fsp3) is 0.278. The van der Waals surface area contributed by atoms with Gasteiger partial charge < -0.3 is 10.2 Å². The molecule has 0 aliphatic rings. The van der Waals surface area contributed by atoms with Crippen LogP contribution in [0.3, 0.4) is 0 Å². The van der Waals surface area contributed by atoms with Crippen LogP contribution in [0.1, 0.15) is 11.1 Å². The quantitative estimate of drug-likeness (QED) is 0.537. The van der Waals surface area contributed by atoms with E-state index in [1.54, 1.807) is 0 Å². The van der Waals surface area contributed by atoms with Crippen LogP contribution < -0.4 is 14.9 Å². The van der Waals surface area contributed by atoms with E-state index < -0.39 is 20.6 Å². The first-order chi connectivity index (χ1) is 13.1. The third-order valence-electron chi connectivity index (χ3n) is 4.26. The molecule has 2 N–H and O–H groups in total. The fourth-order valence-corrected chi connectivity index (χ4v) is 3.50. The van der Waals surface area contributed by atoms with E-state index in [0.29, 0.717) is 5.69 Å². The average molecular weight is 406 g/mol. The van der Waals surface area contributed by atoms with Gasteiger partial charge >= 0.3 is 0 Å². The SMILES string of the molecule is CNS(=O)(=O)c1ccc(N(C)CC(=O)Nc2c(C)cccc2C)c([N+](=O)[O-])c1. The zero-order valence-electron chi connectivity index (χ0n) is 16.0. The molecule has 0 bridgehead atoms. The first-order valence-electron chi connectivity index (χ1n) is 8.36. The van der Waals surface area contributed by atoms with Gasteiger partial charge in [0.25, 0.3) is 5.69 Å². The molecule has 0 atom stereocenters. The number of likely N-dealkylation sites (N-methyl/N-ethyl adjacent to an activating group) is 1. The Hall–Kier alpha value is -2.98. The third-order valence-corrected chi connectivity index (χ3v) is 5.67. The number of hydrogen-bond acceptors (Lipinski definition) is 6. The molecule has 9 nitrogen and oxygen atoms in total. The van der Waals surface area contributed by atoms with E-state index >= 15 is 0 Å². The van der Waals surface area contributed by atoms with Crippen LogP contribution in [-0.4, -0.2) is 39.9 Å². The van der Waals surface area contributed by atoms with Gasteiger partial charge in [-0.15, -0.1) is 0 Å². The molecule has 150 valence electrons. The highest BCUT2D eigenvalue weighted by molar-refractivity contribution is 7.89. The number of carbonyl (C=O) groups is 1. The minimum Gasteiger partial charge on any atom is -0.360 e. The van der Waals surface area contributed by atoms with Crippen molar-refractivity contribution in [3.8, 4) is 0 Å². The zero-order chi connectivity index (χ0) is 21.1. The van der Waals surface area contributed by atoms with E-state index in [1.807, 2.05) is 32.0 Å². The number of benzene rings is 2. The number of nitrogens with one attached hydrogen (secondary N) is 2. The van der Waals surface area contributed by atoms with Crippen molar-refractivity contribution in [2.45, 2.75) is 18.7 Å². The van der Waals surface area contributed by atoms with Crippen LogP contribution in [0.5, 0.6) is 0 Å². The molecule has 0 saturated heterocycles. The zero-order valence-corrected chi connectivity index (χ0v) is 16.8. The van der Waals surface area contributed by atoms with Crippen LogP contribution in [0.4, 0.5) is 17.1 Å². The molecule has 0 aromatic heterocycles. The Morgan fingerprint density at radius 1 is 1.18 bits per heavy atom. The molecule has 2 aromatic carbocycles. The monoisotopic (exact) mass is 406 g/mol. The van der Waals surface area contributed by atoms with Gasteiger partial charge in [-0.1, -0.05) is 18.2 Å². The number of amides is 1. The van der Waals surface area contributed by atoms with Gasteiger partial charge in [-0.25, -0.2) is 13.1 Å². The second-order valence-corrected chi connectivity index (χ2v) is 8.17. The van der Waals surface area contributed by atoms with Crippen molar-refractivity contribution in [3.05, 3.63) is 57.6 Å². The number of rotatable bonds is 7. The van der Waals surface area contributed by atoms with Gasteiger partial charge in [-0.2, -0.15) is 0 Å². The van der Waals surface area contributed by atoms with Crippen molar-refractivity contribution in [2.24, 2.45) is 0 Å². The summed E-state index contributed by atoms with van der Waals surface area (Å²) in [6, 6.07) is 9.18. The van der Waals surface area contributed by atoms with E-state index in [9.17, 15) is 23.3 Å². The molecule has 1 amide bonds. The van der Waals surface area contributed by atoms with Crippen molar-refractivity contribution in [2.75, 3.05) is 30.9 Å². The predicted molar refractivity (Wildman–Crippen MR) is 107 cm³/mol. The number of hydrogen-bond donors (Lipinski definition) is 2. The van der Waals surface area contributed by atoms with Crippen LogP contribution >= 0.6 is 0 Å². The van der Waals surface area contributed by atoms with E-state index in [2.05, 4.69) is 10.0 Å². The maximum absolute atomic E-state index is 12.4. The van der Waals surface area contributed by atoms with E-state index in [-0.39, 0.29) is 23.0 Å². The molecule has 0 saturated carbocycles. The molecule has 0 radical (unpaired) electrons. The molecular formula is C18H22N4O5S. The fourth-order valence-electron chi connectivity index (χ4n) is 2.75. The van der Waals surface area contributed by atoms with E-state index in [1.165, 1.54) is 31.1 Å². The molecule has 2 aromatic rings. The van der Waals surface area contributed by atoms with Crippen LogP contribution in [0.15, 0.2) is 41.3 Å². The van der Waals surface area contributed by atoms with Gasteiger partial charge in [0.15, 0.2) is 0 Å². The van der Waals surface area contributed by atoms with Crippen molar-refractivity contribution < 1.29 is 18.1 Å². The summed E-state index contributed by atoms with van der Waals surface area (Å²) in [4.78, 5) is 24.3. The molecule has 28 heavy (non-hydrogen) atoms. The maximum atomic E-state index is 12.4. The lowest BCUT2D eigenvalue weighted by Gasteiger charge is -2.20. The molecule has 0 unspecified atom stereocenters. The minimum absolute atomic E-state index is 0.136. The Labute approximate surface area is 163 Å². The van der Waals surface area contributed by atoms with Crippen molar-refractivity contribution in [3.63, 3.8) is 0 Å². The van der Waals surface area contributed by atoms with Gasteiger partial charge in [0.1, 0.15) is 5.69 Å². The molecule has 0 aliphatic carbocycles. The lowest BCUT2D eigenvalue weighted by Crippen LogP contribution is -2.31. The number of nitrogens with zero attached hydrogens (tertiary/aromatic N) is 2. The molecule has 0 heterocycles. The maximum Gasteiger partial charge on any atom is 0.293 e. The van der Waals surface area contributed by atoms with Gasteiger partial charge in [0, 0.05) is 18.8 Å². The Balaban J connectivity index is 2.27. The number of para-hydroxylation sites is 1. The number of nitro groups is 1. The first kappa shape index (κ1) is 21.3. The number of carbonyl (C=O) groups excluding carboxylic acids is 1. The van der Waals surface area contributed by atoms with Gasteiger partial charge in [0.05, 0.1) is 16.4 Å². The van der Waals surface area contributed by atoms with E-state index in [0.717, 1.165) is 17.2 Å². The predicted octanol–water partition coefficient (Wildman–Crippen LogP) is 2.19. The largest absolute Gasteiger partial charge is 0.360 e. The summed E-state index contributed by atoms with van der Waals surface area (Å²) in [6.07, 6.45) is 0. The second kappa shape index (κ2) is 8.36. The third kappa shape index (κ3) is 4.65. The number of nitro benzene ring substituents is 1. The Bertz CT molecular complexity index is 1000. The highest BCUT2D eigenvalue weighted by Crippen LogP contribution is 2.30. The normalized spacial score (nSPS) is 11.1. The first-order valence-corrected chi connectivity index (χ1v) is 9.84. The highest BCUT2D eigenvalue weighted by atomic mass is 32.2. The topological polar surface area (TPSA) is 122 Å². The van der Waals surface area contributed by atoms with Crippen molar-refractivity contribution in [1.29, 1.82) is 0 Å². The Morgan fingerprint density at radius 2 is 1.79 bits per heavy atom. The number of sulfonamides is 1. The molecular weight excluding hydrogens is 384 g/mol. The molecule has 0 spiro atoms. The summed E-state index contributed by atoms with van der Waals surface area (Å²) in [7, 11) is -1.07. The van der Waals surface area contributed by atoms with Crippen LogP contribution in [0.25, 0.3) is 0 Å². The lowest BCUT2D eigenvalue weighted by molar-refractivity contribution is -0.384. The summed E-state index contributed by atoms with van der Waals surface area (Å²) in [6.45, 7) is 3.60. The van der Waals surface area contributed by atoms with Crippen LogP contribution in [-0.2, 0) is 14.8 Å². The Morgan fingerprint density at radius 3 is 2.32 bits per heavy atom.